The molecule has 90 valence electrons. The Balaban J connectivity index is 2.42. The first-order valence-corrected chi connectivity index (χ1v) is 6.30. The summed E-state index contributed by atoms with van der Waals surface area (Å²) in [6.07, 6.45) is 0.432. The van der Waals surface area contributed by atoms with Crippen LogP contribution >= 0.6 is 11.3 Å². The number of carbonyl (C=O) groups excluding carboxylic acids is 1. The number of thiophene rings is 1. The minimum Gasteiger partial charge on any atom is -0.396 e. The zero-order valence-electron chi connectivity index (χ0n) is 9.99. The van der Waals surface area contributed by atoms with Crippen molar-refractivity contribution in [3.8, 4) is 0 Å². The molecule has 1 heterocycles. The molecule has 2 atom stereocenters. The van der Waals surface area contributed by atoms with Crippen LogP contribution in [0.1, 0.15) is 23.6 Å². The summed E-state index contributed by atoms with van der Waals surface area (Å²) in [7, 11) is 0. The van der Waals surface area contributed by atoms with Gasteiger partial charge in [-0.25, -0.2) is 0 Å². The Morgan fingerprint density at radius 3 is 2.69 bits per heavy atom. The van der Waals surface area contributed by atoms with Crippen LogP contribution in [-0.4, -0.2) is 23.7 Å². The molecule has 0 radical (unpaired) electrons. The van der Waals surface area contributed by atoms with Crippen molar-refractivity contribution < 1.29 is 9.90 Å². The number of amides is 1. The molecule has 0 aliphatic carbocycles. The second-order valence-electron chi connectivity index (χ2n) is 4.21. The highest BCUT2D eigenvalue weighted by Crippen LogP contribution is 2.15. The van der Waals surface area contributed by atoms with Gasteiger partial charge in [0.05, 0.1) is 6.42 Å². The van der Waals surface area contributed by atoms with Crippen LogP contribution < -0.4 is 5.32 Å². The van der Waals surface area contributed by atoms with Gasteiger partial charge in [0.2, 0.25) is 5.91 Å². The molecule has 0 spiro atoms. The van der Waals surface area contributed by atoms with Crippen molar-refractivity contribution in [1.29, 1.82) is 0 Å². The molecular weight excluding hydrogens is 222 g/mol. The van der Waals surface area contributed by atoms with Crippen molar-refractivity contribution in [2.75, 3.05) is 6.61 Å². The van der Waals surface area contributed by atoms with E-state index in [-0.39, 0.29) is 24.5 Å². The Kier molecular flexibility index (Phi) is 4.96. The summed E-state index contributed by atoms with van der Waals surface area (Å²) >= 11 is 1.65. The van der Waals surface area contributed by atoms with Crippen molar-refractivity contribution in [2.24, 2.45) is 5.92 Å². The molecule has 0 aromatic carbocycles. The molecule has 1 aromatic heterocycles. The van der Waals surface area contributed by atoms with Crippen LogP contribution in [0.25, 0.3) is 0 Å². The van der Waals surface area contributed by atoms with E-state index in [1.54, 1.807) is 11.3 Å². The summed E-state index contributed by atoms with van der Waals surface area (Å²) < 4.78 is 0. The van der Waals surface area contributed by atoms with Crippen LogP contribution in [0, 0.1) is 12.8 Å². The number of aliphatic hydroxyl groups excluding tert-OH is 1. The van der Waals surface area contributed by atoms with E-state index in [0.29, 0.717) is 6.42 Å². The Morgan fingerprint density at radius 1 is 1.50 bits per heavy atom. The van der Waals surface area contributed by atoms with Crippen LogP contribution in [0.15, 0.2) is 12.1 Å². The number of carbonyl (C=O) groups is 1. The summed E-state index contributed by atoms with van der Waals surface area (Å²) in [4.78, 5) is 14.0. The molecule has 2 N–H and O–H groups in total. The van der Waals surface area contributed by atoms with Crippen molar-refractivity contribution in [3.05, 3.63) is 21.9 Å². The maximum absolute atomic E-state index is 11.7. The normalized spacial score (nSPS) is 14.5. The SMILES string of the molecule is Cc1ccc(CC(=O)NC(C)C(C)CO)s1. The van der Waals surface area contributed by atoms with Crippen LogP contribution in [0.5, 0.6) is 0 Å². The molecule has 0 saturated carbocycles. The summed E-state index contributed by atoms with van der Waals surface area (Å²) in [6.45, 7) is 5.96. The predicted octanol–water partition coefficient (Wildman–Crippen LogP) is 1.73. The smallest absolute Gasteiger partial charge is 0.225 e. The van der Waals surface area contributed by atoms with Crippen molar-refractivity contribution in [2.45, 2.75) is 33.2 Å². The van der Waals surface area contributed by atoms with Gasteiger partial charge in [0.25, 0.3) is 0 Å². The number of hydrogen-bond acceptors (Lipinski definition) is 3. The Hall–Kier alpha value is -0.870. The molecule has 1 rings (SSSR count). The lowest BCUT2D eigenvalue weighted by Gasteiger charge is -2.18. The van der Waals surface area contributed by atoms with Gasteiger partial charge in [0.15, 0.2) is 0 Å². The minimum atomic E-state index is 0.0126. The molecule has 4 heteroatoms. The monoisotopic (exact) mass is 241 g/mol. The van der Waals surface area contributed by atoms with Gasteiger partial charge >= 0.3 is 0 Å². The van der Waals surface area contributed by atoms with Gasteiger partial charge < -0.3 is 10.4 Å². The van der Waals surface area contributed by atoms with Crippen LogP contribution in [0.3, 0.4) is 0 Å². The summed E-state index contributed by atoms with van der Waals surface area (Å²) in [5, 5.41) is 11.9. The highest BCUT2D eigenvalue weighted by molar-refractivity contribution is 7.12. The summed E-state index contributed by atoms with van der Waals surface area (Å²) in [5.41, 5.74) is 0. The fourth-order valence-corrected chi connectivity index (χ4v) is 2.23. The largest absolute Gasteiger partial charge is 0.396 e. The zero-order chi connectivity index (χ0) is 12.1. The first kappa shape index (κ1) is 13.2. The number of aliphatic hydroxyl groups is 1. The molecule has 0 aliphatic rings. The Bertz CT molecular complexity index is 349. The Morgan fingerprint density at radius 2 is 2.19 bits per heavy atom. The lowest BCUT2D eigenvalue weighted by atomic mass is 10.1. The van der Waals surface area contributed by atoms with Crippen molar-refractivity contribution in [1.82, 2.24) is 5.32 Å². The van der Waals surface area contributed by atoms with E-state index in [0.717, 1.165) is 4.88 Å². The van der Waals surface area contributed by atoms with Crippen LogP contribution in [0.2, 0.25) is 0 Å². The summed E-state index contributed by atoms with van der Waals surface area (Å²) in [6, 6.07) is 4.02. The van der Waals surface area contributed by atoms with Gasteiger partial charge in [-0.1, -0.05) is 6.92 Å². The fraction of sp³-hybridized carbons (Fsp3) is 0.583. The number of rotatable bonds is 5. The molecule has 2 unspecified atom stereocenters. The van der Waals surface area contributed by atoms with Crippen molar-refractivity contribution >= 4 is 17.2 Å². The predicted molar refractivity (Wildman–Crippen MR) is 66.6 cm³/mol. The highest BCUT2D eigenvalue weighted by Gasteiger charge is 2.14. The van der Waals surface area contributed by atoms with E-state index in [1.165, 1.54) is 4.88 Å². The van der Waals surface area contributed by atoms with E-state index in [2.05, 4.69) is 5.32 Å². The zero-order valence-corrected chi connectivity index (χ0v) is 10.8. The molecule has 16 heavy (non-hydrogen) atoms. The third-order valence-corrected chi connectivity index (χ3v) is 3.66. The second kappa shape index (κ2) is 6.01. The maximum Gasteiger partial charge on any atom is 0.225 e. The Labute approximate surface area is 100 Å². The third kappa shape index (κ3) is 3.94. The topological polar surface area (TPSA) is 49.3 Å². The molecule has 1 aromatic rings. The quantitative estimate of drug-likeness (QED) is 0.825. The lowest BCUT2D eigenvalue weighted by molar-refractivity contribution is -0.121. The van der Waals surface area contributed by atoms with Gasteiger partial charge in [-0.15, -0.1) is 11.3 Å². The van der Waals surface area contributed by atoms with Gasteiger partial charge in [-0.3, -0.25) is 4.79 Å². The molecular formula is C12H19NO2S. The second-order valence-corrected chi connectivity index (χ2v) is 5.58. The minimum absolute atomic E-state index is 0.0126. The van der Waals surface area contributed by atoms with E-state index in [9.17, 15) is 4.79 Å². The maximum atomic E-state index is 11.7. The average Bonchev–Trinajstić information content (AvgIpc) is 2.62. The standard InChI is InChI=1S/C12H19NO2S/c1-8(7-14)10(3)13-12(15)6-11-5-4-9(2)16-11/h4-5,8,10,14H,6-7H2,1-3H3,(H,13,15). The highest BCUT2D eigenvalue weighted by atomic mass is 32.1. The van der Waals surface area contributed by atoms with E-state index in [4.69, 9.17) is 5.11 Å². The van der Waals surface area contributed by atoms with Gasteiger partial charge in [0.1, 0.15) is 0 Å². The first-order chi connectivity index (χ1) is 7.52. The van der Waals surface area contributed by atoms with Gasteiger partial charge in [0, 0.05) is 22.4 Å². The molecule has 3 nitrogen and oxygen atoms in total. The number of hydrogen-bond donors (Lipinski definition) is 2. The summed E-state index contributed by atoms with van der Waals surface area (Å²) in [5.74, 6) is 0.115. The van der Waals surface area contributed by atoms with E-state index in [1.807, 2.05) is 32.9 Å². The molecule has 0 fully saturated rings. The van der Waals surface area contributed by atoms with E-state index < -0.39 is 0 Å². The average molecular weight is 241 g/mol. The molecule has 0 aliphatic heterocycles. The molecule has 0 saturated heterocycles. The third-order valence-electron chi connectivity index (χ3n) is 2.66. The van der Waals surface area contributed by atoms with Crippen LogP contribution in [0.4, 0.5) is 0 Å². The number of aryl methyl sites for hydroxylation is 1. The molecule has 1 amide bonds. The van der Waals surface area contributed by atoms with Crippen molar-refractivity contribution in [3.63, 3.8) is 0 Å². The number of nitrogens with one attached hydrogen (secondary N) is 1. The van der Waals surface area contributed by atoms with Gasteiger partial charge in [-0.2, -0.15) is 0 Å². The van der Waals surface area contributed by atoms with Crippen LogP contribution in [-0.2, 0) is 11.2 Å². The lowest BCUT2D eigenvalue weighted by Crippen LogP contribution is -2.39. The first-order valence-electron chi connectivity index (χ1n) is 5.48. The van der Waals surface area contributed by atoms with Gasteiger partial charge in [-0.05, 0) is 31.9 Å². The molecule has 0 bridgehead atoms. The fourth-order valence-electron chi connectivity index (χ4n) is 1.34. The van der Waals surface area contributed by atoms with E-state index >= 15 is 0 Å².